The molecule has 17 heavy (non-hydrogen) atoms. The normalized spacial score (nSPS) is 9.59. The largest absolute Gasteiger partial charge is 0.465 e. The molecule has 0 atom stereocenters. The summed E-state index contributed by atoms with van der Waals surface area (Å²) in [6.07, 6.45) is 0. The number of hydrogen-bond acceptors (Lipinski definition) is 5. The number of hydrogen-bond donors (Lipinski definition) is 0. The summed E-state index contributed by atoms with van der Waals surface area (Å²) in [7, 11) is 2.44. The second kappa shape index (κ2) is 5.25. The van der Waals surface area contributed by atoms with Crippen LogP contribution in [0.3, 0.4) is 0 Å². The van der Waals surface area contributed by atoms with Crippen molar-refractivity contribution in [2.24, 2.45) is 0 Å². The number of carbonyl (C=O) groups excluding carboxylic acids is 3. The van der Waals surface area contributed by atoms with Gasteiger partial charge in [0, 0.05) is 5.56 Å². The van der Waals surface area contributed by atoms with Gasteiger partial charge in [-0.1, -0.05) is 0 Å². The van der Waals surface area contributed by atoms with E-state index in [0.29, 0.717) is 0 Å². The predicted molar refractivity (Wildman–Crippen MR) is 59.1 cm³/mol. The van der Waals surface area contributed by atoms with Gasteiger partial charge in [0.05, 0.1) is 25.3 Å². The Morgan fingerprint density at radius 3 is 2.00 bits per heavy atom. The van der Waals surface area contributed by atoms with E-state index < -0.39 is 11.9 Å². The average molecular weight is 236 g/mol. The third-order valence-corrected chi connectivity index (χ3v) is 2.23. The number of ether oxygens (including phenoxy) is 2. The Bertz CT molecular complexity index is 476. The average Bonchev–Trinajstić information content (AvgIpc) is 2.35. The van der Waals surface area contributed by atoms with E-state index in [1.54, 1.807) is 0 Å². The van der Waals surface area contributed by atoms with Crippen LogP contribution in [0, 0.1) is 0 Å². The first-order valence-electron chi connectivity index (χ1n) is 4.83. The van der Waals surface area contributed by atoms with Gasteiger partial charge in [0.2, 0.25) is 0 Å². The number of methoxy groups -OCH3 is 2. The molecule has 0 aliphatic carbocycles. The number of carbonyl (C=O) groups is 3. The van der Waals surface area contributed by atoms with Gasteiger partial charge in [-0.15, -0.1) is 0 Å². The SMILES string of the molecule is COC(=O)c1ccc(C(C)=O)c(C(=O)OC)c1. The molecule has 0 amide bonds. The zero-order valence-electron chi connectivity index (χ0n) is 9.77. The number of rotatable bonds is 3. The van der Waals surface area contributed by atoms with Crippen molar-refractivity contribution in [3.05, 3.63) is 34.9 Å². The molecule has 0 heterocycles. The van der Waals surface area contributed by atoms with Gasteiger partial charge < -0.3 is 9.47 Å². The van der Waals surface area contributed by atoms with Crippen molar-refractivity contribution in [2.75, 3.05) is 14.2 Å². The maximum absolute atomic E-state index is 11.5. The van der Waals surface area contributed by atoms with E-state index in [1.165, 1.54) is 39.3 Å². The molecule has 0 spiro atoms. The summed E-state index contributed by atoms with van der Waals surface area (Å²) >= 11 is 0. The lowest BCUT2D eigenvalue weighted by atomic mass is 10.0. The maximum atomic E-state index is 11.5. The fraction of sp³-hybridized carbons (Fsp3) is 0.250. The highest BCUT2D eigenvalue weighted by Gasteiger charge is 2.18. The topological polar surface area (TPSA) is 69.7 Å². The summed E-state index contributed by atoms with van der Waals surface area (Å²) in [6, 6.07) is 4.12. The molecule has 1 aromatic carbocycles. The molecule has 0 aliphatic rings. The minimum Gasteiger partial charge on any atom is -0.465 e. The van der Waals surface area contributed by atoms with E-state index in [4.69, 9.17) is 0 Å². The fourth-order valence-electron chi connectivity index (χ4n) is 1.37. The van der Waals surface area contributed by atoms with E-state index in [-0.39, 0.29) is 22.5 Å². The van der Waals surface area contributed by atoms with Gasteiger partial charge in [-0.25, -0.2) is 9.59 Å². The minimum absolute atomic E-state index is 0.0582. The molecule has 0 saturated heterocycles. The van der Waals surface area contributed by atoms with Crippen LogP contribution in [-0.4, -0.2) is 31.9 Å². The first-order chi connectivity index (χ1) is 8.01. The van der Waals surface area contributed by atoms with Crippen molar-refractivity contribution in [3.63, 3.8) is 0 Å². The fourth-order valence-corrected chi connectivity index (χ4v) is 1.37. The van der Waals surface area contributed by atoms with Crippen LogP contribution in [0.2, 0.25) is 0 Å². The Hall–Kier alpha value is -2.17. The van der Waals surface area contributed by atoms with Crippen molar-refractivity contribution in [2.45, 2.75) is 6.92 Å². The molecule has 0 aromatic heterocycles. The predicted octanol–water partition coefficient (Wildman–Crippen LogP) is 1.46. The highest BCUT2D eigenvalue weighted by Crippen LogP contribution is 2.15. The lowest BCUT2D eigenvalue weighted by Gasteiger charge is -2.07. The van der Waals surface area contributed by atoms with Crippen LogP contribution in [0.5, 0.6) is 0 Å². The molecule has 5 heteroatoms. The highest BCUT2D eigenvalue weighted by molar-refractivity contribution is 6.06. The van der Waals surface area contributed by atoms with E-state index in [2.05, 4.69) is 9.47 Å². The zero-order chi connectivity index (χ0) is 13.0. The van der Waals surface area contributed by atoms with Crippen molar-refractivity contribution < 1.29 is 23.9 Å². The third-order valence-electron chi connectivity index (χ3n) is 2.23. The van der Waals surface area contributed by atoms with Crippen LogP contribution in [-0.2, 0) is 9.47 Å². The van der Waals surface area contributed by atoms with Crippen molar-refractivity contribution >= 4 is 17.7 Å². The molecule has 1 aromatic rings. The zero-order valence-corrected chi connectivity index (χ0v) is 9.77. The summed E-state index contributed by atoms with van der Waals surface area (Å²) in [5.41, 5.74) is 0.463. The Balaban J connectivity index is 3.34. The number of ketones is 1. The van der Waals surface area contributed by atoms with Crippen molar-refractivity contribution in [1.29, 1.82) is 0 Å². The van der Waals surface area contributed by atoms with E-state index in [1.807, 2.05) is 0 Å². The second-order valence-electron chi connectivity index (χ2n) is 3.30. The van der Waals surface area contributed by atoms with Crippen LogP contribution in [0.25, 0.3) is 0 Å². The first kappa shape index (κ1) is 12.9. The van der Waals surface area contributed by atoms with Gasteiger partial charge in [-0.3, -0.25) is 4.79 Å². The van der Waals surface area contributed by atoms with Crippen molar-refractivity contribution in [1.82, 2.24) is 0 Å². The van der Waals surface area contributed by atoms with Crippen molar-refractivity contribution in [3.8, 4) is 0 Å². The third kappa shape index (κ3) is 2.69. The monoisotopic (exact) mass is 236 g/mol. The lowest BCUT2D eigenvalue weighted by Crippen LogP contribution is -2.11. The van der Waals surface area contributed by atoms with Gasteiger partial charge in [0.1, 0.15) is 0 Å². The van der Waals surface area contributed by atoms with Crippen LogP contribution >= 0.6 is 0 Å². The Kier molecular flexibility index (Phi) is 3.98. The number of esters is 2. The summed E-state index contributed by atoms with van der Waals surface area (Å²) < 4.78 is 9.08. The Morgan fingerprint density at radius 2 is 1.53 bits per heavy atom. The molecule has 1 rings (SSSR count). The molecule has 0 N–H and O–H groups in total. The molecule has 0 bridgehead atoms. The molecule has 0 radical (unpaired) electrons. The summed E-state index contributed by atoms with van der Waals surface area (Å²) in [5, 5.41) is 0. The molecule has 90 valence electrons. The maximum Gasteiger partial charge on any atom is 0.338 e. The molecule has 0 aliphatic heterocycles. The Labute approximate surface area is 98.3 Å². The molecule has 0 saturated carbocycles. The summed E-state index contributed by atoms with van der Waals surface area (Å²) in [5.74, 6) is -1.52. The van der Waals surface area contributed by atoms with E-state index >= 15 is 0 Å². The molecule has 0 unspecified atom stereocenters. The standard InChI is InChI=1S/C12H12O5/c1-7(13)9-5-4-8(11(14)16-2)6-10(9)12(15)17-3/h4-6H,1-3H3. The van der Waals surface area contributed by atoms with Gasteiger partial charge in [-0.05, 0) is 25.1 Å². The second-order valence-corrected chi connectivity index (χ2v) is 3.30. The van der Waals surface area contributed by atoms with Crippen LogP contribution in [0.1, 0.15) is 38.0 Å². The lowest BCUT2D eigenvalue weighted by molar-refractivity contribution is 0.0596. The summed E-state index contributed by atoms with van der Waals surface area (Å²) in [4.78, 5) is 34.1. The summed E-state index contributed by atoms with van der Waals surface area (Å²) in [6.45, 7) is 1.33. The van der Waals surface area contributed by atoms with Gasteiger partial charge in [0.25, 0.3) is 0 Å². The highest BCUT2D eigenvalue weighted by atomic mass is 16.5. The van der Waals surface area contributed by atoms with Crippen LogP contribution in [0.4, 0.5) is 0 Å². The smallest absolute Gasteiger partial charge is 0.338 e. The molecule has 5 nitrogen and oxygen atoms in total. The molecular weight excluding hydrogens is 224 g/mol. The quantitative estimate of drug-likeness (QED) is 0.587. The van der Waals surface area contributed by atoms with Crippen LogP contribution < -0.4 is 0 Å². The van der Waals surface area contributed by atoms with Crippen LogP contribution in [0.15, 0.2) is 18.2 Å². The molecule has 0 fully saturated rings. The minimum atomic E-state index is -0.666. The van der Waals surface area contributed by atoms with Gasteiger partial charge >= 0.3 is 11.9 Å². The number of benzene rings is 1. The number of Topliss-reactive ketones (excluding diaryl/α,β-unsaturated/α-hetero) is 1. The van der Waals surface area contributed by atoms with Gasteiger partial charge in [0.15, 0.2) is 5.78 Å². The molecular formula is C12H12O5. The first-order valence-corrected chi connectivity index (χ1v) is 4.83. The van der Waals surface area contributed by atoms with Gasteiger partial charge in [-0.2, -0.15) is 0 Å². The Morgan fingerprint density at radius 1 is 0.941 bits per heavy atom. The van der Waals surface area contributed by atoms with E-state index in [9.17, 15) is 14.4 Å². The van der Waals surface area contributed by atoms with E-state index in [0.717, 1.165) is 0 Å².